The number of carbonyl (C=O) groups excluding carboxylic acids is 1. The highest BCUT2D eigenvalue weighted by atomic mass is 32.1. The van der Waals surface area contributed by atoms with Crippen LogP contribution in [-0.4, -0.2) is 68.3 Å². The molecule has 0 N–H and O–H groups in total. The van der Waals surface area contributed by atoms with Crippen LogP contribution < -0.4 is 9.47 Å². The number of hydrogen-bond donors (Lipinski definition) is 0. The van der Waals surface area contributed by atoms with Gasteiger partial charge in [-0.25, -0.2) is 9.37 Å². The molecule has 2 bridgehead atoms. The summed E-state index contributed by atoms with van der Waals surface area (Å²) in [5, 5.41) is 13.5. The zero-order valence-electron chi connectivity index (χ0n) is 28.0. The van der Waals surface area contributed by atoms with E-state index in [0.29, 0.717) is 55.6 Å². The maximum atomic E-state index is 14.8. The smallest absolute Gasteiger partial charge is 0.246 e. The highest BCUT2D eigenvalue weighted by molar-refractivity contribution is 7.18. The van der Waals surface area contributed by atoms with Gasteiger partial charge < -0.3 is 19.1 Å². The summed E-state index contributed by atoms with van der Waals surface area (Å²) in [5.74, 6) is 0.605. The average molecular weight is 693 g/mol. The lowest BCUT2D eigenvalue weighted by Gasteiger charge is -2.33. The number of aryl methyl sites for hydroxylation is 1. The van der Waals surface area contributed by atoms with Gasteiger partial charge in [0.15, 0.2) is 0 Å². The highest BCUT2D eigenvalue weighted by Crippen LogP contribution is 2.48. The molecular weight excluding hydrogens is 656 g/mol. The summed E-state index contributed by atoms with van der Waals surface area (Å²) in [7, 11) is 1.92. The van der Waals surface area contributed by atoms with Gasteiger partial charge in [-0.1, -0.05) is 6.58 Å². The van der Waals surface area contributed by atoms with Crippen molar-refractivity contribution in [1.29, 1.82) is 0 Å². The Bertz CT molecular complexity index is 2260. The summed E-state index contributed by atoms with van der Waals surface area (Å²) in [6, 6.07) is 12.6. The van der Waals surface area contributed by atoms with Gasteiger partial charge in [0, 0.05) is 64.5 Å². The van der Waals surface area contributed by atoms with Crippen molar-refractivity contribution in [2.24, 2.45) is 7.05 Å². The molecule has 50 heavy (non-hydrogen) atoms. The van der Waals surface area contributed by atoms with Crippen molar-refractivity contribution in [2.75, 3.05) is 33.0 Å². The van der Waals surface area contributed by atoms with Crippen LogP contribution in [-0.2, 0) is 23.1 Å². The Morgan fingerprint density at radius 3 is 2.70 bits per heavy atom. The number of benzene rings is 2. The van der Waals surface area contributed by atoms with Gasteiger partial charge in [0.05, 0.1) is 48.9 Å². The number of pyridine rings is 1. The Morgan fingerprint density at radius 1 is 0.980 bits per heavy atom. The zero-order valence-corrected chi connectivity index (χ0v) is 28.8. The molecule has 0 unspecified atom stereocenters. The largest absolute Gasteiger partial charge is 0.493 e. The molecule has 256 valence electrons. The van der Waals surface area contributed by atoms with Gasteiger partial charge in [0.25, 0.3) is 0 Å². The van der Waals surface area contributed by atoms with Crippen LogP contribution in [0.15, 0.2) is 66.7 Å². The Hall–Kier alpha value is -5.07. The first-order valence-corrected chi connectivity index (χ1v) is 17.8. The monoisotopic (exact) mass is 692 g/mol. The van der Waals surface area contributed by atoms with Gasteiger partial charge in [-0.2, -0.15) is 10.2 Å². The molecule has 8 rings (SSSR count). The van der Waals surface area contributed by atoms with Gasteiger partial charge in [0.1, 0.15) is 35.3 Å². The third-order valence-corrected chi connectivity index (χ3v) is 10.5. The molecule has 2 aromatic carbocycles. The van der Waals surface area contributed by atoms with Crippen LogP contribution >= 0.6 is 11.3 Å². The molecule has 0 saturated carbocycles. The number of thiophene rings is 1. The predicted octanol–water partition coefficient (Wildman–Crippen LogP) is 7.57. The fourth-order valence-electron chi connectivity index (χ4n) is 6.99. The van der Waals surface area contributed by atoms with E-state index in [2.05, 4.69) is 23.8 Å². The van der Waals surface area contributed by atoms with Crippen molar-refractivity contribution in [3.05, 3.63) is 78.2 Å². The number of rotatable bonds is 2. The molecule has 6 heterocycles. The van der Waals surface area contributed by atoms with E-state index in [1.807, 2.05) is 47.0 Å². The molecule has 1 amide bonds. The van der Waals surface area contributed by atoms with E-state index >= 15 is 0 Å². The van der Waals surface area contributed by atoms with Crippen LogP contribution in [0.2, 0.25) is 0 Å². The summed E-state index contributed by atoms with van der Waals surface area (Å²) in [6.07, 6.45) is 5.91. The molecule has 0 fully saturated rings. The minimum atomic E-state index is -0.398. The third-order valence-electron chi connectivity index (χ3n) is 9.56. The SMILES string of the molecule is C=CC(=O)N1CCn2nc(-c3nc4c5ccsc5c3-c3ccc(F)cc3OCCOCCCCCOc3cc5c(cnn5C)cc3-4)cc2[C@H]1C. The van der Waals surface area contributed by atoms with Crippen LogP contribution in [0.4, 0.5) is 4.39 Å². The fourth-order valence-corrected chi connectivity index (χ4v) is 7.94. The molecule has 0 spiro atoms. The number of carbonyl (C=O) groups is 1. The first-order valence-electron chi connectivity index (χ1n) is 16.9. The average Bonchev–Trinajstić information content (AvgIpc) is 3.87. The van der Waals surface area contributed by atoms with E-state index in [-0.39, 0.29) is 18.6 Å². The van der Waals surface area contributed by atoms with Gasteiger partial charge in [-0.3, -0.25) is 14.2 Å². The number of aromatic nitrogens is 5. The molecule has 0 radical (unpaired) electrons. The minimum absolute atomic E-state index is 0.123. The number of nitrogens with zero attached hydrogens (tertiary/aromatic N) is 6. The normalized spacial score (nSPS) is 16.9. The molecule has 10 nitrogen and oxygen atoms in total. The van der Waals surface area contributed by atoms with Gasteiger partial charge in [-0.15, -0.1) is 11.3 Å². The molecule has 0 aliphatic carbocycles. The first kappa shape index (κ1) is 32.2. The lowest BCUT2D eigenvalue weighted by molar-refractivity contribution is -0.129. The molecule has 0 saturated heterocycles. The van der Waals surface area contributed by atoms with Gasteiger partial charge >= 0.3 is 0 Å². The van der Waals surface area contributed by atoms with Gasteiger partial charge in [0.2, 0.25) is 5.91 Å². The quantitative estimate of drug-likeness (QED) is 0.173. The number of ether oxygens (including phenoxy) is 3. The molecular formula is C38H37FN6O4S. The van der Waals surface area contributed by atoms with Crippen molar-refractivity contribution in [2.45, 2.75) is 38.8 Å². The Labute approximate surface area is 292 Å². The van der Waals surface area contributed by atoms with Crippen LogP contribution in [0.5, 0.6) is 11.5 Å². The first-order chi connectivity index (χ1) is 24.4. The summed E-state index contributed by atoms with van der Waals surface area (Å²) in [4.78, 5) is 20.0. The maximum Gasteiger partial charge on any atom is 0.246 e. The topological polar surface area (TPSA) is 96.5 Å². The van der Waals surface area contributed by atoms with E-state index in [9.17, 15) is 9.18 Å². The highest BCUT2D eigenvalue weighted by Gasteiger charge is 2.31. The summed E-state index contributed by atoms with van der Waals surface area (Å²) < 4.78 is 38.3. The minimum Gasteiger partial charge on any atom is -0.493 e. The third kappa shape index (κ3) is 5.71. The second-order valence-corrected chi connectivity index (χ2v) is 13.5. The number of hydrogen-bond acceptors (Lipinski definition) is 8. The zero-order chi connectivity index (χ0) is 34.4. The summed E-state index contributed by atoms with van der Waals surface area (Å²) in [5.41, 5.74) is 6.22. The van der Waals surface area contributed by atoms with E-state index in [4.69, 9.17) is 24.3 Å². The van der Waals surface area contributed by atoms with Crippen LogP contribution in [0, 0.1) is 5.82 Å². The standard InChI is InChI=1S/C38H37FN6O4S/c1-4-34(46)44-11-12-45-30(23(44)2)20-29(42-45)37-35-26-9-8-25(39)19-32(26)49-16-15-47-13-6-5-7-14-48-33-21-31-24(22-40-43(31)3)18-28(33)36(41-37)27-10-17-50-38(27)35/h4,8-10,17-23H,1,5-7,11-16H2,2-3H3/t23-/m1/s1. The van der Waals surface area contributed by atoms with Crippen molar-refractivity contribution < 1.29 is 23.4 Å². The van der Waals surface area contributed by atoms with Crippen molar-refractivity contribution >= 4 is 38.2 Å². The molecule has 1 atom stereocenters. The van der Waals surface area contributed by atoms with Crippen LogP contribution in [0.1, 0.15) is 37.9 Å². The van der Waals surface area contributed by atoms with Gasteiger partial charge in [-0.05, 0) is 68.0 Å². The second-order valence-electron chi connectivity index (χ2n) is 12.6. The van der Waals surface area contributed by atoms with Crippen LogP contribution in [0.3, 0.4) is 0 Å². The van der Waals surface area contributed by atoms with E-state index in [0.717, 1.165) is 68.5 Å². The summed E-state index contributed by atoms with van der Waals surface area (Å²) in [6.45, 7) is 8.54. The number of fused-ring (bicyclic) bond motifs is 6. The molecule has 4 aromatic heterocycles. The van der Waals surface area contributed by atoms with Crippen molar-refractivity contribution in [3.63, 3.8) is 0 Å². The van der Waals surface area contributed by atoms with Crippen molar-refractivity contribution in [1.82, 2.24) is 29.4 Å². The van der Waals surface area contributed by atoms with E-state index in [1.165, 1.54) is 18.2 Å². The maximum absolute atomic E-state index is 14.8. The number of halogens is 1. The predicted molar refractivity (Wildman–Crippen MR) is 192 cm³/mol. The Kier molecular flexibility index (Phi) is 8.57. The molecule has 6 aromatic rings. The Morgan fingerprint density at radius 2 is 1.82 bits per heavy atom. The molecule has 2 aliphatic rings. The lowest BCUT2D eigenvalue weighted by atomic mass is 9.96. The van der Waals surface area contributed by atoms with E-state index < -0.39 is 5.82 Å². The second kappa shape index (κ2) is 13.3. The molecule has 12 heteroatoms. The molecule has 2 aliphatic heterocycles. The Balaban J connectivity index is 1.40. The fraction of sp³-hybridized carbons (Fsp3) is 0.316. The number of amides is 1. The lowest BCUT2D eigenvalue weighted by Crippen LogP contribution is -2.40. The van der Waals surface area contributed by atoms with Crippen LogP contribution in [0.25, 0.3) is 54.8 Å². The van der Waals surface area contributed by atoms with E-state index in [1.54, 1.807) is 22.3 Å². The summed E-state index contributed by atoms with van der Waals surface area (Å²) >= 11 is 1.58. The van der Waals surface area contributed by atoms with Crippen molar-refractivity contribution in [3.8, 4) is 45.3 Å².